The van der Waals surface area contributed by atoms with E-state index in [9.17, 15) is 13.2 Å². The highest BCUT2D eigenvalue weighted by atomic mass is 35.5. The van der Waals surface area contributed by atoms with Gasteiger partial charge in [-0.15, -0.1) is 0 Å². The van der Waals surface area contributed by atoms with Crippen molar-refractivity contribution in [1.82, 2.24) is 0 Å². The Labute approximate surface area is 185 Å². The number of hydrogen-bond acceptors (Lipinski definition) is 3. The maximum Gasteiger partial charge on any atom is 0.264 e. The lowest BCUT2D eigenvalue weighted by Gasteiger charge is -2.24. The summed E-state index contributed by atoms with van der Waals surface area (Å²) in [6, 6.07) is 17.8. The molecule has 1 aliphatic heterocycles. The van der Waals surface area contributed by atoms with Gasteiger partial charge in [0.25, 0.3) is 15.9 Å². The standard InChI is InChI=1S/C22H18Cl2N2O3S/c1-14-11-16-12-15(22(27)25-19-4-2-3-18(24)13-19)5-10-21(16)26(14)30(28,29)20-8-6-17(23)7-9-20/h2-10,12-14H,11H2,1H3,(H,25,27)/t14-/m1/s1. The molecule has 1 aliphatic rings. The first-order chi connectivity index (χ1) is 14.3. The van der Waals surface area contributed by atoms with Crippen LogP contribution in [-0.4, -0.2) is 20.4 Å². The zero-order valence-corrected chi connectivity index (χ0v) is 18.3. The van der Waals surface area contributed by atoms with Gasteiger partial charge >= 0.3 is 0 Å². The van der Waals surface area contributed by atoms with Crippen molar-refractivity contribution in [3.63, 3.8) is 0 Å². The lowest BCUT2D eigenvalue weighted by Crippen LogP contribution is -2.35. The van der Waals surface area contributed by atoms with Crippen LogP contribution in [0.4, 0.5) is 11.4 Å². The normalized spacial score (nSPS) is 15.7. The zero-order valence-electron chi connectivity index (χ0n) is 16.0. The summed E-state index contributed by atoms with van der Waals surface area (Å²) >= 11 is 11.9. The lowest BCUT2D eigenvalue weighted by molar-refractivity contribution is 0.102. The van der Waals surface area contributed by atoms with E-state index < -0.39 is 10.0 Å². The molecular formula is C22H18Cl2N2O3S. The van der Waals surface area contributed by atoms with E-state index in [4.69, 9.17) is 23.2 Å². The first-order valence-electron chi connectivity index (χ1n) is 9.25. The highest BCUT2D eigenvalue weighted by Gasteiger charge is 2.36. The molecule has 30 heavy (non-hydrogen) atoms. The number of nitrogens with one attached hydrogen (secondary N) is 1. The van der Waals surface area contributed by atoms with Crippen LogP contribution in [0.15, 0.2) is 71.6 Å². The average Bonchev–Trinajstić information content (AvgIpc) is 3.03. The van der Waals surface area contributed by atoms with E-state index in [2.05, 4.69) is 5.32 Å². The Hall–Kier alpha value is -2.54. The molecule has 0 spiro atoms. The predicted molar refractivity (Wildman–Crippen MR) is 120 cm³/mol. The summed E-state index contributed by atoms with van der Waals surface area (Å²) in [5, 5.41) is 3.80. The van der Waals surface area contributed by atoms with Crippen LogP contribution < -0.4 is 9.62 Å². The van der Waals surface area contributed by atoms with Crippen molar-refractivity contribution in [2.45, 2.75) is 24.3 Å². The van der Waals surface area contributed by atoms with E-state index in [-0.39, 0.29) is 16.8 Å². The largest absolute Gasteiger partial charge is 0.322 e. The quantitative estimate of drug-likeness (QED) is 0.567. The molecule has 0 bridgehead atoms. The van der Waals surface area contributed by atoms with Crippen LogP contribution in [0.2, 0.25) is 10.0 Å². The van der Waals surface area contributed by atoms with E-state index in [1.54, 1.807) is 54.6 Å². The van der Waals surface area contributed by atoms with Crippen molar-refractivity contribution in [3.05, 3.63) is 87.9 Å². The SMILES string of the molecule is C[C@@H]1Cc2cc(C(=O)Nc3cccc(Cl)c3)ccc2N1S(=O)(=O)c1ccc(Cl)cc1. The summed E-state index contributed by atoms with van der Waals surface area (Å²) in [4.78, 5) is 12.8. The minimum Gasteiger partial charge on any atom is -0.322 e. The van der Waals surface area contributed by atoms with Gasteiger partial charge in [-0.05, 0) is 79.6 Å². The van der Waals surface area contributed by atoms with Crippen molar-refractivity contribution < 1.29 is 13.2 Å². The van der Waals surface area contributed by atoms with Gasteiger partial charge in [0.15, 0.2) is 0 Å². The number of carbonyl (C=O) groups excluding carboxylic acids is 1. The maximum atomic E-state index is 13.2. The molecule has 0 unspecified atom stereocenters. The highest BCUT2D eigenvalue weighted by molar-refractivity contribution is 7.92. The molecule has 0 fully saturated rings. The Morgan fingerprint density at radius 1 is 1.00 bits per heavy atom. The van der Waals surface area contributed by atoms with Crippen LogP contribution in [0.3, 0.4) is 0 Å². The van der Waals surface area contributed by atoms with E-state index in [0.717, 1.165) is 5.56 Å². The van der Waals surface area contributed by atoms with Crippen molar-refractivity contribution in [2.75, 3.05) is 9.62 Å². The van der Waals surface area contributed by atoms with Gasteiger partial charge in [-0.3, -0.25) is 9.10 Å². The van der Waals surface area contributed by atoms with Gasteiger partial charge in [-0.1, -0.05) is 29.3 Å². The second-order valence-corrected chi connectivity index (χ2v) is 9.80. The number of halogens is 2. The Morgan fingerprint density at radius 3 is 2.43 bits per heavy atom. The van der Waals surface area contributed by atoms with Crippen molar-refractivity contribution in [1.29, 1.82) is 0 Å². The van der Waals surface area contributed by atoms with Crippen LogP contribution in [0.25, 0.3) is 0 Å². The number of amides is 1. The fourth-order valence-corrected chi connectivity index (χ4v) is 5.61. The van der Waals surface area contributed by atoms with Gasteiger partial charge in [0.2, 0.25) is 0 Å². The minimum atomic E-state index is -3.74. The molecule has 1 atom stereocenters. The van der Waals surface area contributed by atoms with Crippen LogP contribution in [0.1, 0.15) is 22.8 Å². The number of fused-ring (bicyclic) bond motifs is 1. The molecule has 1 heterocycles. The van der Waals surface area contributed by atoms with Crippen molar-refractivity contribution >= 4 is 50.5 Å². The maximum absolute atomic E-state index is 13.2. The van der Waals surface area contributed by atoms with E-state index in [1.165, 1.54) is 16.4 Å². The number of anilines is 2. The first kappa shape index (κ1) is 20.7. The molecule has 0 aromatic heterocycles. The van der Waals surface area contributed by atoms with Crippen molar-refractivity contribution in [3.8, 4) is 0 Å². The van der Waals surface area contributed by atoms with Crippen LogP contribution in [-0.2, 0) is 16.4 Å². The predicted octanol–water partition coefficient (Wildman–Crippen LogP) is 5.39. The lowest BCUT2D eigenvalue weighted by atomic mass is 10.1. The minimum absolute atomic E-state index is 0.175. The van der Waals surface area contributed by atoms with Crippen molar-refractivity contribution in [2.24, 2.45) is 0 Å². The zero-order chi connectivity index (χ0) is 21.5. The molecule has 0 aliphatic carbocycles. The van der Waals surface area contributed by atoms with E-state index >= 15 is 0 Å². The molecule has 4 rings (SSSR count). The Morgan fingerprint density at radius 2 is 1.73 bits per heavy atom. The molecular weight excluding hydrogens is 443 g/mol. The van der Waals surface area contributed by atoms with E-state index in [0.29, 0.717) is 33.4 Å². The number of hydrogen-bond donors (Lipinski definition) is 1. The third-order valence-electron chi connectivity index (χ3n) is 4.95. The number of nitrogens with zero attached hydrogens (tertiary/aromatic N) is 1. The Bertz CT molecular complexity index is 1230. The third-order valence-corrected chi connectivity index (χ3v) is 7.38. The van der Waals surface area contributed by atoms with Gasteiger partial charge < -0.3 is 5.32 Å². The Kier molecular flexibility index (Phi) is 5.49. The van der Waals surface area contributed by atoms with Gasteiger partial charge in [0.1, 0.15) is 0 Å². The molecule has 0 saturated carbocycles. The smallest absolute Gasteiger partial charge is 0.264 e. The summed E-state index contributed by atoms with van der Waals surface area (Å²) < 4.78 is 27.8. The monoisotopic (exact) mass is 460 g/mol. The van der Waals surface area contributed by atoms with Gasteiger partial charge in [-0.25, -0.2) is 8.42 Å². The number of benzene rings is 3. The summed E-state index contributed by atoms with van der Waals surface area (Å²) in [5.74, 6) is -0.285. The molecule has 3 aromatic carbocycles. The van der Waals surface area contributed by atoms with Gasteiger partial charge in [-0.2, -0.15) is 0 Å². The third kappa shape index (κ3) is 3.90. The summed E-state index contributed by atoms with van der Waals surface area (Å²) in [7, 11) is -3.74. The molecule has 0 radical (unpaired) electrons. The Balaban J connectivity index is 1.63. The summed E-state index contributed by atoms with van der Waals surface area (Å²) in [6.45, 7) is 1.85. The second kappa shape index (κ2) is 7.95. The fourth-order valence-electron chi connectivity index (χ4n) is 3.60. The molecule has 1 N–H and O–H groups in total. The topological polar surface area (TPSA) is 66.5 Å². The number of rotatable bonds is 4. The second-order valence-electron chi connectivity index (χ2n) is 7.12. The van der Waals surface area contributed by atoms with Gasteiger partial charge in [0, 0.05) is 27.3 Å². The van der Waals surface area contributed by atoms with Gasteiger partial charge in [0.05, 0.1) is 10.6 Å². The van der Waals surface area contributed by atoms with Crippen LogP contribution >= 0.6 is 23.2 Å². The molecule has 3 aromatic rings. The molecule has 5 nitrogen and oxygen atoms in total. The van der Waals surface area contributed by atoms with Crippen LogP contribution in [0.5, 0.6) is 0 Å². The first-order valence-corrected chi connectivity index (χ1v) is 11.4. The number of carbonyl (C=O) groups is 1. The molecule has 1 amide bonds. The molecule has 154 valence electrons. The summed E-state index contributed by atoms with van der Waals surface area (Å²) in [6.07, 6.45) is 0.514. The van der Waals surface area contributed by atoms with E-state index in [1.807, 2.05) is 6.92 Å². The number of sulfonamides is 1. The summed E-state index contributed by atoms with van der Waals surface area (Å²) in [5.41, 5.74) is 2.43. The molecule has 0 saturated heterocycles. The fraction of sp³-hybridized carbons (Fsp3) is 0.136. The van der Waals surface area contributed by atoms with Crippen LogP contribution in [0, 0.1) is 0 Å². The molecule has 8 heteroatoms. The highest BCUT2D eigenvalue weighted by Crippen LogP contribution is 2.37. The average molecular weight is 461 g/mol.